The number of rotatable bonds is 3. The number of hydrogen-bond acceptors (Lipinski definition) is 4. The molecular weight excluding hydrogens is 233 g/mol. The van der Waals surface area contributed by atoms with Gasteiger partial charge in [-0.25, -0.2) is 17.5 Å². The van der Waals surface area contributed by atoms with E-state index in [4.69, 9.17) is 5.73 Å². The van der Waals surface area contributed by atoms with Crippen LogP contribution in [-0.2, 0) is 10.0 Å². The Morgan fingerprint density at radius 1 is 1.38 bits per heavy atom. The van der Waals surface area contributed by atoms with Crippen molar-refractivity contribution in [3.63, 3.8) is 0 Å². The van der Waals surface area contributed by atoms with Crippen LogP contribution in [-0.4, -0.2) is 29.6 Å². The van der Waals surface area contributed by atoms with Crippen molar-refractivity contribution in [2.75, 3.05) is 31.8 Å². The third-order valence-electron chi connectivity index (χ3n) is 2.12. The highest BCUT2D eigenvalue weighted by Crippen LogP contribution is 2.27. The molecule has 3 N–H and O–H groups in total. The highest BCUT2D eigenvalue weighted by atomic mass is 32.2. The molecule has 0 bridgehead atoms. The molecule has 0 spiro atoms. The summed E-state index contributed by atoms with van der Waals surface area (Å²) in [4.78, 5) is 1.16. The van der Waals surface area contributed by atoms with Crippen LogP contribution < -0.4 is 15.4 Å². The van der Waals surface area contributed by atoms with E-state index in [-0.39, 0.29) is 5.69 Å². The Labute approximate surface area is 94.1 Å². The largest absolute Gasteiger partial charge is 0.397 e. The molecule has 7 heteroatoms. The fraction of sp³-hybridized carbons (Fsp3) is 0.333. The van der Waals surface area contributed by atoms with Crippen LogP contribution in [0.15, 0.2) is 17.0 Å². The van der Waals surface area contributed by atoms with E-state index in [0.717, 1.165) is 12.1 Å². The molecule has 90 valence electrons. The van der Waals surface area contributed by atoms with Crippen LogP contribution in [0.1, 0.15) is 0 Å². The van der Waals surface area contributed by atoms with Crippen molar-refractivity contribution in [1.82, 2.24) is 4.72 Å². The molecule has 0 radical (unpaired) electrons. The second-order valence-corrected chi connectivity index (χ2v) is 5.30. The summed E-state index contributed by atoms with van der Waals surface area (Å²) in [5.74, 6) is -0.827. The van der Waals surface area contributed by atoms with E-state index in [0.29, 0.717) is 5.69 Å². The molecule has 16 heavy (non-hydrogen) atoms. The molecule has 0 aliphatic heterocycles. The molecule has 0 aliphatic rings. The van der Waals surface area contributed by atoms with Gasteiger partial charge >= 0.3 is 0 Å². The van der Waals surface area contributed by atoms with Gasteiger partial charge in [-0.3, -0.25) is 0 Å². The van der Waals surface area contributed by atoms with Crippen LogP contribution in [0, 0.1) is 5.82 Å². The summed E-state index contributed by atoms with van der Waals surface area (Å²) in [5, 5.41) is 0. The van der Waals surface area contributed by atoms with Gasteiger partial charge in [0, 0.05) is 20.2 Å². The summed E-state index contributed by atoms with van der Waals surface area (Å²) >= 11 is 0. The number of nitrogens with zero attached hydrogens (tertiary/aromatic N) is 1. The summed E-state index contributed by atoms with van der Waals surface area (Å²) in [5.41, 5.74) is 6.29. The Morgan fingerprint density at radius 2 is 1.94 bits per heavy atom. The quantitative estimate of drug-likeness (QED) is 0.757. The second kappa shape index (κ2) is 4.26. The number of benzene rings is 1. The molecule has 1 rings (SSSR count). The van der Waals surface area contributed by atoms with Crippen molar-refractivity contribution in [1.29, 1.82) is 0 Å². The molecule has 0 unspecified atom stereocenters. The van der Waals surface area contributed by atoms with E-state index in [1.54, 1.807) is 19.0 Å². The van der Waals surface area contributed by atoms with Crippen molar-refractivity contribution in [2.24, 2.45) is 0 Å². The molecule has 1 aromatic rings. The van der Waals surface area contributed by atoms with Gasteiger partial charge in [-0.1, -0.05) is 0 Å². The zero-order valence-corrected chi connectivity index (χ0v) is 10.1. The van der Waals surface area contributed by atoms with Crippen LogP contribution in [0.5, 0.6) is 0 Å². The molecule has 0 atom stereocenters. The normalized spacial score (nSPS) is 11.5. The van der Waals surface area contributed by atoms with Crippen molar-refractivity contribution >= 4 is 21.4 Å². The number of hydrogen-bond donors (Lipinski definition) is 2. The number of anilines is 2. The predicted molar refractivity (Wildman–Crippen MR) is 61.4 cm³/mol. The third-order valence-corrected chi connectivity index (χ3v) is 3.55. The van der Waals surface area contributed by atoms with Gasteiger partial charge in [0.2, 0.25) is 10.0 Å². The van der Waals surface area contributed by atoms with E-state index in [9.17, 15) is 12.8 Å². The first-order chi connectivity index (χ1) is 7.29. The van der Waals surface area contributed by atoms with Gasteiger partial charge in [-0.2, -0.15) is 0 Å². The SMILES string of the molecule is CNS(=O)(=O)c1cc(N)c(N(C)C)cc1F. The standard InChI is InChI=1S/C9H14FN3O2S/c1-12-16(14,15)9-5-7(11)8(13(2)3)4-6(9)10/h4-5,12H,11H2,1-3H3. The summed E-state index contributed by atoms with van der Waals surface area (Å²) in [7, 11) is 0.779. The fourth-order valence-corrected chi connectivity index (χ4v) is 2.08. The monoisotopic (exact) mass is 247 g/mol. The van der Waals surface area contributed by atoms with Crippen molar-refractivity contribution < 1.29 is 12.8 Å². The molecule has 1 aromatic carbocycles. The van der Waals surface area contributed by atoms with Gasteiger partial charge in [0.15, 0.2) is 0 Å². The smallest absolute Gasteiger partial charge is 0.243 e. The molecule has 5 nitrogen and oxygen atoms in total. The first-order valence-electron chi connectivity index (χ1n) is 4.49. The lowest BCUT2D eigenvalue weighted by Crippen LogP contribution is -2.21. The lowest BCUT2D eigenvalue weighted by atomic mass is 10.2. The van der Waals surface area contributed by atoms with Crippen LogP contribution in [0.3, 0.4) is 0 Å². The Morgan fingerprint density at radius 3 is 2.38 bits per heavy atom. The minimum Gasteiger partial charge on any atom is -0.397 e. The van der Waals surface area contributed by atoms with Crippen LogP contribution in [0.2, 0.25) is 0 Å². The van der Waals surface area contributed by atoms with Crippen LogP contribution in [0.4, 0.5) is 15.8 Å². The first kappa shape index (κ1) is 12.7. The van der Waals surface area contributed by atoms with E-state index in [1.807, 2.05) is 4.72 Å². The average Bonchev–Trinajstić information content (AvgIpc) is 2.20. The topological polar surface area (TPSA) is 75.4 Å². The van der Waals surface area contributed by atoms with Gasteiger partial charge in [-0.15, -0.1) is 0 Å². The van der Waals surface area contributed by atoms with E-state index < -0.39 is 20.7 Å². The van der Waals surface area contributed by atoms with E-state index in [1.165, 1.54) is 7.05 Å². The molecular formula is C9H14FN3O2S. The molecule has 0 heterocycles. The lowest BCUT2D eigenvalue weighted by molar-refractivity contribution is 0.562. The summed E-state index contributed by atoms with van der Waals surface area (Å²) in [6.45, 7) is 0. The Balaban J connectivity index is 3.43. The second-order valence-electron chi connectivity index (χ2n) is 3.44. The average molecular weight is 247 g/mol. The molecule has 0 amide bonds. The van der Waals surface area contributed by atoms with Gasteiger partial charge in [-0.05, 0) is 13.1 Å². The number of nitrogens with two attached hydrogens (primary N) is 1. The lowest BCUT2D eigenvalue weighted by Gasteiger charge is -2.16. The van der Waals surface area contributed by atoms with Crippen molar-refractivity contribution in [3.05, 3.63) is 17.9 Å². The minimum atomic E-state index is -3.82. The first-order valence-corrected chi connectivity index (χ1v) is 5.98. The highest BCUT2D eigenvalue weighted by molar-refractivity contribution is 7.89. The van der Waals surface area contributed by atoms with Gasteiger partial charge in [0.05, 0.1) is 11.4 Å². The van der Waals surface area contributed by atoms with Crippen LogP contribution >= 0.6 is 0 Å². The molecule has 0 saturated heterocycles. The Hall–Kier alpha value is -1.34. The minimum absolute atomic E-state index is 0.209. The molecule has 0 aromatic heterocycles. The number of nitrogen functional groups attached to an aromatic ring is 1. The molecule has 0 fully saturated rings. The third kappa shape index (κ3) is 2.25. The fourth-order valence-electron chi connectivity index (χ4n) is 1.26. The highest BCUT2D eigenvalue weighted by Gasteiger charge is 2.19. The van der Waals surface area contributed by atoms with E-state index in [2.05, 4.69) is 0 Å². The van der Waals surface area contributed by atoms with Gasteiger partial charge in [0.1, 0.15) is 10.7 Å². The predicted octanol–water partition coefficient (Wildman–Crippen LogP) is 0.382. The number of nitrogens with one attached hydrogen (secondary N) is 1. The molecule has 0 aliphatic carbocycles. The zero-order chi connectivity index (χ0) is 12.5. The Bertz CT molecular complexity index is 500. The summed E-state index contributed by atoms with van der Waals surface area (Å²) < 4.78 is 38.5. The number of sulfonamides is 1. The maximum atomic E-state index is 13.6. The zero-order valence-electron chi connectivity index (χ0n) is 9.28. The van der Waals surface area contributed by atoms with Gasteiger partial charge in [0.25, 0.3) is 0 Å². The van der Waals surface area contributed by atoms with Crippen molar-refractivity contribution in [2.45, 2.75) is 4.90 Å². The molecule has 0 saturated carbocycles. The van der Waals surface area contributed by atoms with Crippen molar-refractivity contribution in [3.8, 4) is 0 Å². The van der Waals surface area contributed by atoms with Gasteiger partial charge < -0.3 is 10.6 Å². The van der Waals surface area contributed by atoms with Crippen LogP contribution in [0.25, 0.3) is 0 Å². The summed E-state index contributed by atoms with van der Waals surface area (Å²) in [6, 6.07) is 2.20. The maximum Gasteiger partial charge on any atom is 0.243 e. The van der Waals surface area contributed by atoms with E-state index >= 15 is 0 Å². The number of halogens is 1. The summed E-state index contributed by atoms with van der Waals surface area (Å²) in [6.07, 6.45) is 0. The maximum absolute atomic E-state index is 13.6. The Kier molecular flexibility index (Phi) is 3.39.